The van der Waals surface area contributed by atoms with Crippen LogP contribution in [0.3, 0.4) is 0 Å². The molecule has 1 saturated heterocycles. The molecule has 1 aliphatic heterocycles. The van der Waals surface area contributed by atoms with E-state index in [4.69, 9.17) is 17.0 Å². The summed E-state index contributed by atoms with van der Waals surface area (Å²) in [6, 6.07) is 12.1. The predicted octanol–water partition coefficient (Wildman–Crippen LogP) is 2.86. The van der Waals surface area contributed by atoms with Crippen molar-refractivity contribution >= 4 is 23.7 Å². The Hall–Kier alpha value is -2.08. The van der Waals surface area contributed by atoms with Crippen molar-refractivity contribution in [1.82, 2.24) is 10.2 Å². The maximum absolute atomic E-state index is 5.73. The molecule has 0 amide bonds. The number of piperazine rings is 1. The second kappa shape index (κ2) is 6.79. The van der Waals surface area contributed by atoms with Gasteiger partial charge < -0.3 is 14.5 Å². The number of ether oxygens (including phenoxy) is 1. The molecule has 2 aromatic rings. The summed E-state index contributed by atoms with van der Waals surface area (Å²) in [7, 11) is 0. The lowest BCUT2D eigenvalue weighted by molar-refractivity contribution is 0.340. The number of para-hydroxylation sites is 2. The van der Waals surface area contributed by atoms with E-state index in [-0.39, 0.29) is 0 Å². The van der Waals surface area contributed by atoms with Gasteiger partial charge in [0.2, 0.25) is 0 Å². The Bertz CT molecular complexity index is 659. The first kappa shape index (κ1) is 14.8. The first-order chi connectivity index (χ1) is 10.8. The number of benzene rings is 1. The van der Waals surface area contributed by atoms with Gasteiger partial charge in [0.15, 0.2) is 0 Å². The highest BCUT2D eigenvalue weighted by molar-refractivity contribution is 7.71. The van der Waals surface area contributed by atoms with E-state index in [0.29, 0.717) is 11.2 Å². The molecule has 2 heterocycles. The van der Waals surface area contributed by atoms with Crippen LogP contribution in [0.15, 0.2) is 36.4 Å². The SMILES string of the molecule is CCOc1ccccc1N1CCN(c2ccc(=S)[nH]n2)CC1. The van der Waals surface area contributed by atoms with Gasteiger partial charge in [-0.1, -0.05) is 24.4 Å². The quantitative estimate of drug-likeness (QED) is 0.879. The normalized spacial score (nSPS) is 15.0. The molecule has 0 atom stereocenters. The summed E-state index contributed by atoms with van der Waals surface area (Å²) < 4.78 is 6.39. The van der Waals surface area contributed by atoms with Crippen LogP contribution in [0.1, 0.15) is 6.92 Å². The van der Waals surface area contributed by atoms with E-state index in [1.165, 1.54) is 5.69 Å². The summed E-state index contributed by atoms with van der Waals surface area (Å²) in [6.07, 6.45) is 0. The van der Waals surface area contributed by atoms with Gasteiger partial charge in [-0.25, -0.2) is 0 Å². The maximum Gasteiger partial charge on any atom is 0.149 e. The summed E-state index contributed by atoms with van der Waals surface area (Å²) in [5.41, 5.74) is 1.17. The molecule has 0 spiro atoms. The number of hydrogen-bond donors (Lipinski definition) is 1. The molecule has 0 aliphatic carbocycles. The summed E-state index contributed by atoms with van der Waals surface area (Å²) in [6.45, 7) is 6.45. The summed E-state index contributed by atoms with van der Waals surface area (Å²) in [5, 5.41) is 7.16. The number of aromatic amines is 1. The van der Waals surface area contributed by atoms with Crippen LogP contribution in [0.4, 0.5) is 11.5 Å². The van der Waals surface area contributed by atoms with Crippen molar-refractivity contribution in [3.8, 4) is 5.75 Å². The fourth-order valence-corrected chi connectivity index (χ4v) is 2.80. The van der Waals surface area contributed by atoms with Gasteiger partial charge in [-0.2, -0.15) is 5.10 Å². The van der Waals surface area contributed by atoms with Crippen molar-refractivity contribution in [3.05, 3.63) is 41.0 Å². The van der Waals surface area contributed by atoms with Gasteiger partial charge in [0, 0.05) is 26.2 Å². The number of rotatable bonds is 4. The van der Waals surface area contributed by atoms with E-state index in [0.717, 1.165) is 37.7 Å². The molecule has 22 heavy (non-hydrogen) atoms. The third kappa shape index (κ3) is 3.22. The minimum Gasteiger partial charge on any atom is -0.492 e. The Morgan fingerprint density at radius 1 is 1.09 bits per heavy atom. The smallest absolute Gasteiger partial charge is 0.149 e. The van der Waals surface area contributed by atoms with Crippen LogP contribution in [0.25, 0.3) is 0 Å². The number of anilines is 2. The van der Waals surface area contributed by atoms with Crippen molar-refractivity contribution < 1.29 is 4.74 Å². The van der Waals surface area contributed by atoms with Crippen molar-refractivity contribution in [2.24, 2.45) is 0 Å². The van der Waals surface area contributed by atoms with Crippen molar-refractivity contribution in [2.75, 3.05) is 42.6 Å². The lowest BCUT2D eigenvalue weighted by Crippen LogP contribution is -2.47. The monoisotopic (exact) mass is 316 g/mol. The predicted molar refractivity (Wildman–Crippen MR) is 91.5 cm³/mol. The number of aromatic nitrogens is 2. The Morgan fingerprint density at radius 2 is 1.82 bits per heavy atom. The number of H-pyrrole nitrogens is 1. The maximum atomic E-state index is 5.73. The van der Waals surface area contributed by atoms with Crippen molar-refractivity contribution in [1.29, 1.82) is 0 Å². The third-order valence-corrected chi connectivity index (χ3v) is 4.00. The molecular formula is C16H20N4OS. The zero-order valence-electron chi connectivity index (χ0n) is 12.7. The molecule has 0 unspecified atom stereocenters. The van der Waals surface area contributed by atoms with Gasteiger partial charge in [-0.15, -0.1) is 0 Å². The average molecular weight is 316 g/mol. The zero-order chi connectivity index (χ0) is 15.4. The number of nitrogens with one attached hydrogen (secondary N) is 1. The summed E-state index contributed by atoms with van der Waals surface area (Å²) in [5.74, 6) is 1.91. The molecule has 116 valence electrons. The van der Waals surface area contributed by atoms with E-state index in [9.17, 15) is 0 Å². The van der Waals surface area contributed by atoms with E-state index in [1.54, 1.807) is 0 Å². The lowest BCUT2D eigenvalue weighted by atomic mass is 10.2. The Labute approximate surface area is 135 Å². The van der Waals surface area contributed by atoms with Crippen LogP contribution in [-0.2, 0) is 0 Å². The number of nitrogens with zero attached hydrogens (tertiary/aromatic N) is 3. The second-order valence-corrected chi connectivity index (χ2v) is 5.59. The molecule has 1 aromatic heterocycles. The van der Waals surface area contributed by atoms with Crippen LogP contribution in [0, 0.1) is 4.64 Å². The highest BCUT2D eigenvalue weighted by Crippen LogP contribution is 2.29. The Balaban J connectivity index is 1.69. The molecule has 0 radical (unpaired) electrons. The van der Waals surface area contributed by atoms with E-state index in [1.807, 2.05) is 31.2 Å². The molecule has 0 saturated carbocycles. The number of hydrogen-bond acceptors (Lipinski definition) is 5. The van der Waals surface area contributed by atoms with Gasteiger partial charge in [-0.05, 0) is 31.2 Å². The molecule has 1 aromatic carbocycles. The lowest BCUT2D eigenvalue weighted by Gasteiger charge is -2.37. The highest BCUT2D eigenvalue weighted by atomic mass is 32.1. The molecule has 3 rings (SSSR count). The Morgan fingerprint density at radius 3 is 2.50 bits per heavy atom. The van der Waals surface area contributed by atoms with Crippen LogP contribution in [0.5, 0.6) is 5.75 Å². The molecule has 5 nitrogen and oxygen atoms in total. The molecule has 6 heteroatoms. The standard InChI is InChI=1S/C16H20N4OS/c1-2-21-14-6-4-3-5-13(14)19-9-11-20(12-10-19)15-7-8-16(22)18-17-15/h3-8H,2,9-12H2,1H3,(H,18,22). The van der Waals surface area contributed by atoms with E-state index >= 15 is 0 Å². The van der Waals surface area contributed by atoms with Crippen LogP contribution >= 0.6 is 12.2 Å². The second-order valence-electron chi connectivity index (χ2n) is 5.15. The minimum absolute atomic E-state index is 0.660. The topological polar surface area (TPSA) is 44.4 Å². The van der Waals surface area contributed by atoms with Gasteiger partial charge in [-0.3, -0.25) is 5.10 Å². The molecule has 1 aliphatic rings. The van der Waals surface area contributed by atoms with Crippen LogP contribution in [-0.4, -0.2) is 43.0 Å². The molecular weight excluding hydrogens is 296 g/mol. The molecule has 1 N–H and O–H groups in total. The van der Waals surface area contributed by atoms with Gasteiger partial charge in [0.05, 0.1) is 12.3 Å². The van der Waals surface area contributed by atoms with Crippen LogP contribution in [0.2, 0.25) is 0 Å². The molecule has 1 fully saturated rings. The van der Waals surface area contributed by atoms with E-state index < -0.39 is 0 Å². The summed E-state index contributed by atoms with van der Waals surface area (Å²) >= 11 is 5.04. The minimum atomic E-state index is 0.660. The van der Waals surface area contributed by atoms with Gasteiger partial charge >= 0.3 is 0 Å². The molecule has 0 bridgehead atoms. The van der Waals surface area contributed by atoms with Crippen LogP contribution < -0.4 is 14.5 Å². The highest BCUT2D eigenvalue weighted by Gasteiger charge is 2.20. The van der Waals surface area contributed by atoms with Crippen molar-refractivity contribution in [2.45, 2.75) is 6.92 Å². The Kier molecular flexibility index (Phi) is 4.58. The zero-order valence-corrected chi connectivity index (χ0v) is 13.5. The fourth-order valence-electron chi connectivity index (χ4n) is 2.69. The third-order valence-electron chi connectivity index (χ3n) is 3.77. The first-order valence-corrected chi connectivity index (χ1v) is 7.96. The van der Waals surface area contributed by atoms with Crippen molar-refractivity contribution in [3.63, 3.8) is 0 Å². The largest absolute Gasteiger partial charge is 0.492 e. The first-order valence-electron chi connectivity index (χ1n) is 7.55. The van der Waals surface area contributed by atoms with Gasteiger partial charge in [0.1, 0.15) is 16.2 Å². The van der Waals surface area contributed by atoms with E-state index in [2.05, 4.69) is 32.1 Å². The summed E-state index contributed by atoms with van der Waals surface area (Å²) in [4.78, 5) is 4.64. The average Bonchev–Trinajstić information content (AvgIpc) is 2.57. The fraction of sp³-hybridized carbons (Fsp3) is 0.375. The van der Waals surface area contributed by atoms with Gasteiger partial charge in [0.25, 0.3) is 0 Å².